The number of rotatable bonds is 11. The lowest BCUT2D eigenvalue weighted by molar-refractivity contribution is -0.143. The molecule has 3 nitrogen and oxygen atoms in total. The predicted molar refractivity (Wildman–Crippen MR) is 63.9 cm³/mol. The van der Waals surface area contributed by atoms with Crippen LogP contribution in [-0.2, 0) is 14.3 Å². The SMILES string of the molecule is CCOC(=O)CCCCCCCCC[C]=O. The highest BCUT2D eigenvalue weighted by Crippen LogP contribution is 2.09. The molecule has 0 aliphatic carbocycles. The van der Waals surface area contributed by atoms with Gasteiger partial charge in [-0.2, -0.15) is 0 Å². The third-order valence-electron chi connectivity index (χ3n) is 2.47. The zero-order chi connectivity index (χ0) is 12.1. The highest BCUT2D eigenvalue weighted by atomic mass is 16.5. The van der Waals surface area contributed by atoms with Crippen LogP contribution in [0.1, 0.15) is 64.7 Å². The minimum absolute atomic E-state index is 0.0796. The van der Waals surface area contributed by atoms with E-state index < -0.39 is 0 Å². The van der Waals surface area contributed by atoms with Gasteiger partial charge in [0.2, 0.25) is 0 Å². The summed E-state index contributed by atoms with van der Waals surface area (Å²) in [6, 6.07) is 0. The van der Waals surface area contributed by atoms with Crippen LogP contribution in [0.5, 0.6) is 0 Å². The molecule has 0 rings (SSSR count). The first kappa shape index (κ1) is 15.1. The van der Waals surface area contributed by atoms with Crippen LogP contribution in [0.3, 0.4) is 0 Å². The maximum Gasteiger partial charge on any atom is 0.305 e. The molecule has 0 atom stereocenters. The largest absolute Gasteiger partial charge is 0.466 e. The van der Waals surface area contributed by atoms with Crippen LogP contribution in [0, 0.1) is 0 Å². The monoisotopic (exact) mass is 227 g/mol. The summed E-state index contributed by atoms with van der Waals surface area (Å²) >= 11 is 0. The van der Waals surface area contributed by atoms with Crippen molar-refractivity contribution in [2.75, 3.05) is 6.61 Å². The molecule has 0 amide bonds. The second kappa shape index (κ2) is 12.2. The number of esters is 1. The van der Waals surface area contributed by atoms with E-state index in [4.69, 9.17) is 4.74 Å². The van der Waals surface area contributed by atoms with E-state index >= 15 is 0 Å². The Morgan fingerprint density at radius 2 is 1.56 bits per heavy atom. The lowest BCUT2D eigenvalue weighted by atomic mass is 10.1. The van der Waals surface area contributed by atoms with Gasteiger partial charge in [0, 0.05) is 12.8 Å². The standard InChI is InChI=1S/C13H23O3/c1-2-16-13(15)11-9-7-5-3-4-6-8-10-12-14/h2-11H2,1H3. The summed E-state index contributed by atoms with van der Waals surface area (Å²) in [4.78, 5) is 20.9. The van der Waals surface area contributed by atoms with Gasteiger partial charge in [-0.25, -0.2) is 0 Å². The summed E-state index contributed by atoms with van der Waals surface area (Å²) in [7, 11) is 0. The quantitative estimate of drug-likeness (QED) is 0.402. The van der Waals surface area contributed by atoms with Gasteiger partial charge in [0.15, 0.2) is 6.29 Å². The molecule has 1 radical (unpaired) electrons. The summed E-state index contributed by atoms with van der Waals surface area (Å²) in [5, 5.41) is 0. The van der Waals surface area contributed by atoms with Crippen molar-refractivity contribution in [3.63, 3.8) is 0 Å². The van der Waals surface area contributed by atoms with E-state index in [-0.39, 0.29) is 5.97 Å². The Balaban J connectivity index is 3.03. The highest BCUT2D eigenvalue weighted by Gasteiger charge is 2.00. The maximum atomic E-state index is 11.0. The molecule has 93 valence electrons. The lowest BCUT2D eigenvalue weighted by Crippen LogP contribution is -2.03. The maximum absolute atomic E-state index is 11.0. The normalized spacial score (nSPS) is 10.1. The van der Waals surface area contributed by atoms with Crippen LogP contribution < -0.4 is 0 Å². The van der Waals surface area contributed by atoms with Gasteiger partial charge < -0.3 is 4.74 Å². The molecule has 0 N–H and O–H groups in total. The predicted octanol–water partition coefficient (Wildman–Crippen LogP) is 3.17. The van der Waals surface area contributed by atoms with E-state index in [0.29, 0.717) is 19.4 Å². The van der Waals surface area contributed by atoms with Crippen molar-refractivity contribution in [2.45, 2.75) is 64.7 Å². The van der Waals surface area contributed by atoms with Gasteiger partial charge in [-0.1, -0.05) is 32.1 Å². The van der Waals surface area contributed by atoms with E-state index in [9.17, 15) is 9.59 Å². The Bertz CT molecular complexity index is 178. The summed E-state index contributed by atoms with van der Waals surface area (Å²) in [5.41, 5.74) is 0. The molecule has 3 heteroatoms. The van der Waals surface area contributed by atoms with Gasteiger partial charge in [0.05, 0.1) is 6.61 Å². The molecule has 0 heterocycles. The lowest BCUT2D eigenvalue weighted by Gasteiger charge is -2.02. The Kier molecular flexibility index (Phi) is 11.6. The van der Waals surface area contributed by atoms with Crippen molar-refractivity contribution in [2.24, 2.45) is 0 Å². The fourth-order valence-electron chi connectivity index (χ4n) is 1.58. The molecule has 0 aliphatic heterocycles. The Labute approximate surface area is 98.6 Å². The number of hydrogen-bond donors (Lipinski definition) is 0. The van der Waals surface area contributed by atoms with Gasteiger partial charge in [0.1, 0.15) is 0 Å². The van der Waals surface area contributed by atoms with Crippen molar-refractivity contribution in [1.82, 2.24) is 0 Å². The van der Waals surface area contributed by atoms with Crippen LogP contribution in [-0.4, -0.2) is 18.9 Å². The van der Waals surface area contributed by atoms with Crippen molar-refractivity contribution in [3.05, 3.63) is 0 Å². The van der Waals surface area contributed by atoms with Crippen LogP contribution in [0.15, 0.2) is 0 Å². The summed E-state index contributed by atoms with van der Waals surface area (Å²) in [6.07, 6.45) is 10.7. The average Bonchev–Trinajstić information content (AvgIpc) is 2.27. The van der Waals surface area contributed by atoms with Crippen molar-refractivity contribution < 1.29 is 14.3 Å². The molecule has 0 aromatic rings. The van der Waals surface area contributed by atoms with Gasteiger partial charge >= 0.3 is 5.97 Å². The number of carbonyl (C=O) groups excluding carboxylic acids is 2. The molecule has 0 bridgehead atoms. The first-order valence-corrected chi connectivity index (χ1v) is 6.32. The molecule has 0 saturated carbocycles. The summed E-state index contributed by atoms with van der Waals surface area (Å²) in [6.45, 7) is 2.31. The van der Waals surface area contributed by atoms with Gasteiger partial charge in [-0.05, 0) is 19.8 Å². The van der Waals surface area contributed by atoms with E-state index in [2.05, 4.69) is 0 Å². The first-order valence-electron chi connectivity index (χ1n) is 6.32. The zero-order valence-corrected chi connectivity index (χ0v) is 10.3. The smallest absolute Gasteiger partial charge is 0.305 e. The van der Waals surface area contributed by atoms with Crippen molar-refractivity contribution in [1.29, 1.82) is 0 Å². The van der Waals surface area contributed by atoms with Crippen LogP contribution in [0.2, 0.25) is 0 Å². The molecule has 0 spiro atoms. The Morgan fingerprint density at radius 3 is 2.12 bits per heavy atom. The minimum atomic E-state index is -0.0796. The van der Waals surface area contributed by atoms with Crippen LogP contribution in [0.4, 0.5) is 0 Å². The number of hydrogen-bond acceptors (Lipinski definition) is 3. The third kappa shape index (κ3) is 11.2. The number of ether oxygens (including phenoxy) is 1. The van der Waals surface area contributed by atoms with Crippen molar-refractivity contribution in [3.8, 4) is 0 Å². The molecular weight excluding hydrogens is 204 g/mol. The van der Waals surface area contributed by atoms with Gasteiger partial charge in [0.25, 0.3) is 0 Å². The Morgan fingerprint density at radius 1 is 1.00 bits per heavy atom. The Hall–Kier alpha value is -0.860. The molecule has 0 aliphatic rings. The zero-order valence-electron chi connectivity index (χ0n) is 10.3. The van der Waals surface area contributed by atoms with Crippen LogP contribution in [0.25, 0.3) is 0 Å². The molecule has 0 aromatic carbocycles. The summed E-state index contributed by atoms with van der Waals surface area (Å²) < 4.78 is 4.84. The topological polar surface area (TPSA) is 43.4 Å². The van der Waals surface area contributed by atoms with E-state index in [1.165, 1.54) is 19.3 Å². The molecule has 0 fully saturated rings. The molecule has 16 heavy (non-hydrogen) atoms. The van der Waals surface area contributed by atoms with Gasteiger partial charge in [-0.3, -0.25) is 9.59 Å². The first-order chi connectivity index (χ1) is 7.81. The van der Waals surface area contributed by atoms with Crippen molar-refractivity contribution >= 4 is 12.3 Å². The highest BCUT2D eigenvalue weighted by molar-refractivity contribution is 5.69. The van der Waals surface area contributed by atoms with E-state index in [1.54, 1.807) is 0 Å². The van der Waals surface area contributed by atoms with Gasteiger partial charge in [-0.15, -0.1) is 0 Å². The third-order valence-corrected chi connectivity index (χ3v) is 2.47. The molecule has 0 saturated heterocycles. The van der Waals surface area contributed by atoms with Crippen LogP contribution >= 0.6 is 0 Å². The fraction of sp³-hybridized carbons (Fsp3) is 0.846. The summed E-state index contributed by atoms with van der Waals surface area (Å²) in [5.74, 6) is -0.0796. The molecular formula is C13H23O3. The second-order valence-electron chi connectivity index (χ2n) is 3.92. The number of unbranched alkanes of at least 4 members (excludes halogenated alkanes) is 7. The fourth-order valence-corrected chi connectivity index (χ4v) is 1.58. The minimum Gasteiger partial charge on any atom is -0.466 e. The second-order valence-corrected chi connectivity index (χ2v) is 3.92. The van der Waals surface area contributed by atoms with E-state index in [1.807, 2.05) is 13.2 Å². The average molecular weight is 227 g/mol. The number of carbonyl (C=O) groups is 1. The molecule has 0 aromatic heterocycles. The van der Waals surface area contributed by atoms with E-state index in [0.717, 1.165) is 25.7 Å². The molecule has 0 unspecified atom stereocenters.